The molecule has 0 saturated carbocycles. The molecule has 3 rings (SSSR count). The third kappa shape index (κ3) is 5.45. The van der Waals surface area contributed by atoms with Gasteiger partial charge in [0.05, 0.1) is 5.75 Å². The molecule has 0 spiro atoms. The number of carbonyl (C=O) groups is 1. The van der Waals surface area contributed by atoms with E-state index in [0.29, 0.717) is 21.7 Å². The zero-order valence-corrected chi connectivity index (χ0v) is 17.1. The number of hydrogen-bond acceptors (Lipinski definition) is 5. The summed E-state index contributed by atoms with van der Waals surface area (Å²) in [6.45, 7) is 1.67. The molecule has 1 amide bonds. The molecule has 0 aliphatic rings. The van der Waals surface area contributed by atoms with Crippen LogP contribution in [0.4, 0.5) is 14.5 Å². The molecule has 2 aromatic carbocycles. The number of halogens is 3. The lowest BCUT2D eigenvalue weighted by Gasteiger charge is -2.14. The van der Waals surface area contributed by atoms with Crippen molar-refractivity contribution in [2.45, 2.75) is 18.2 Å². The number of thioether (sulfide) groups is 1. The Balaban J connectivity index is 1.60. The Kier molecular flexibility index (Phi) is 6.71. The number of nitrogens with one attached hydrogen (secondary N) is 1. The van der Waals surface area contributed by atoms with Crippen molar-refractivity contribution in [1.82, 2.24) is 14.8 Å². The lowest BCUT2D eigenvalue weighted by molar-refractivity contribution is -0.113. The van der Waals surface area contributed by atoms with Crippen LogP contribution >= 0.6 is 23.4 Å². The Bertz CT molecular complexity index is 1030. The van der Waals surface area contributed by atoms with Crippen LogP contribution < -0.4 is 10.1 Å². The van der Waals surface area contributed by atoms with Crippen molar-refractivity contribution in [2.24, 2.45) is 7.05 Å². The van der Waals surface area contributed by atoms with E-state index in [4.69, 9.17) is 16.3 Å². The van der Waals surface area contributed by atoms with Gasteiger partial charge in [-0.05, 0) is 37.3 Å². The van der Waals surface area contributed by atoms with Crippen molar-refractivity contribution in [2.75, 3.05) is 11.1 Å². The molecule has 1 aromatic heterocycles. The van der Waals surface area contributed by atoms with Crippen molar-refractivity contribution in [3.63, 3.8) is 0 Å². The van der Waals surface area contributed by atoms with Crippen LogP contribution in [0.2, 0.25) is 5.02 Å². The molecule has 1 heterocycles. The molecule has 29 heavy (non-hydrogen) atoms. The first kappa shape index (κ1) is 21.1. The van der Waals surface area contributed by atoms with Gasteiger partial charge in [0.25, 0.3) is 0 Å². The molecule has 3 aromatic rings. The Hall–Kier alpha value is -2.65. The smallest absolute Gasteiger partial charge is 0.234 e. The minimum absolute atomic E-state index is 0.0861. The second-order valence-electron chi connectivity index (χ2n) is 6.08. The van der Waals surface area contributed by atoms with Gasteiger partial charge >= 0.3 is 0 Å². The van der Waals surface area contributed by atoms with E-state index in [9.17, 15) is 13.6 Å². The Morgan fingerprint density at radius 1 is 1.28 bits per heavy atom. The van der Waals surface area contributed by atoms with Gasteiger partial charge in [0.15, 0.2) is 28.7 Å². The predicted octanol–water partition coefficient (Wildman–Crippen LogP) is 4.62. The van der Waals surface area contributed by atoms with E-state index in [2.05, 4.69) is 15.5 Å². The first-order valence-electron chi connectivity index (χ1n) is 8.52. The summed E-state index contributed by atoms with van der Waals surface area (Å²) in [4.78, 5) is 12.1. The maximum Gasteiger partial charge on any atom is 0.234 e. The van der Waals surface area contributed by atoms with Gasteiger partial charge in [0.1, 0.15) is 5.82 Å². The normalized spacial score (nSPS) is 11.9. The van der Waals surface area contributed by atoms with E-state index >= 15 is 0 Å². The van der Waals surface area contributed by atoms with Crippen LogP contribution in [0.1, 0.15) is 18.9 Å². The topological polar surface area (TPSA) is 69.0 Å². The van der Waals surface area contributed by atoms with Crippen LogP contribution in [0.15, 0.2) is 47.6 Å². The quantitative estimate of drug-likeness (QED) is 0.545. The molecule has 0 bridgehead atoms. The average Bonchev–Trinajstić information content (AvgIpc) is 3.03. The monoisotopic (exact) mass is 438 g/mol. The number of hydrogen-bond donors (Lipinski definition) is 1. The van der Waals surface area contributed by atoms with Gasteiger partial charge in [-0.25, -0.2) is 8.78 Å². The van der Waals surface area contributed by atoms with Crippen LogP contribution in [-0.2, 0) is 11.8 Å². The molecule has 0 aliphatic carbocycles. The van der Waals surface area contributed by atoms with Gasteiger partial charge in [-0.15, -0.1) is 10.2 Å². The van der Waals surface area contributed by atoms with E-state index in [1.54, 1.807) is 42.8 Å². The van der Waals surface area contributed by atoms with Gasteiger partial charge in [-0.3, -0.25) is 4.79 Å². The van der Waals surface area contributed by atoms with Crippen molar-refractivity contribution in [3.05, 3.63) is 64.9 Å². The highest BCUT2D eigenvalue weighted by Crippen LogP contribution is 2.26. The molecule has 10 heteroatoms. The molecular formula is C19H17ClF2N4O2S. The standard InChI is InChI=1S/C19H17ClF2N4O2S/c1-11(28-16-7-6-13(21)9-15(16)22)18-24-25-19(26(18)2)29-10-17(27)23-14-5-3-4-12(20)8-14/h3-9,11H,10H2,1-2H3,(H,23,27). The van der Waals surface area contributed by atoms with Crippen LogP contribution in [0.3, 0.4) is 0 Å². The lowest BCUT2D eigenvalue weighted by atomic mass is 10.3. The maximum atomic E-state index is 13.8. The van der Waals surface area contributed by atoms with Gasteiger partial charge < -0.3 is 14.6 Å². The Labute approximate surface area is 175 Å². The fourth-order valence-corrected chi connectivity index (χ4v) is 3.42. The third-order valence-electron chi connectivity index (χ3n) is 3.87. The van der Waals surface area contributed by atoms with Crippen molar-refractivity contribution < 1.29 is 18.3 Å². The molecule has 0 fully saturated rings. The highest BCUT2D eigenvalue weighted by atomic mass is 35.5. The third-order valence-corrected chi connectivity index (χ3v) is 5.13. The molecule has 0 aliphatic heterocycles. The first-order valence-corrected chi connectivity index (χ1v) is 9.89. The van der Waals surface area contributed by atoms with E-state index in [0.717, 1.165) is 12.1 Å². The van der Waals surface area contributed by atoms with Gasteiger partial charge in [0.2, 0.25) is 5.91 Å². The number of aromatic nitrogens is 3. The van der Waals surface area contributed by atoms with Crippen LogP contribution in [-0.4, -0.2) is 26.4 Å². The maximum absolute atomic E-state index is 13.8. The molecule has 1 atom stereocenters. The van der Waals surface area contributed by atoms with E-state index in [1.165, 1.54) is 17.8 Å². The summed E-state index contributed by atoms with van der Waals surface area (Å²) in [6.07, 6.45) is -0.637. The second kappa shape index (κ2) is 9.23. The van der Waals surface area contributed by atoms with Crippen molar-refractivity contribution in [3.8, 4) is 5.75 Å². The summed E-state index contributed by atoms with van der Waals surface area (Å²) >= 11 is 7.09. The average molecular weight is 439 g/mol. The zero-order valence-electron chi connectivity index (χ0n) is 15.5. The predicted molar refractivity (Wildman–Crippen MR) is 107 cm³/mol. The van der Waals surface area contributed by atoms with Crippen molar-refractivity contribution >= 4 is 35.0 Å². The first-order chi connectivity index (χ1) is 13.8. The number of amides is 1. The Morgan fingerprint density at radius 3 is 2.79 bits per heavy atom. The van der Waals surface area contributed by atoms with Gasteiger partial charge in [-0.1, -0.05) is 29.4 Å². The summed E-state index contributed by atoms with van der Waals surface area (Å²) in [5.74, 6) is -1.24. The number of benzene rings is 2. The summed E-state index contributed by atoms with van der Waals surface area (Å²) in [5.41, 5.74) is 0.602. The molecular weight excluding hydrogens is 422 g/mol. The molecule has 0 saturated heterocycles. The molecule has 6 nitrogen and oxygen atoms in total. The summed E-state index contributed by atoms with van der Waals surface area (Å²) < 4.78 is 34.0. The number of ether oxygens (including phenoxy) is 1. The molecule has 0 radical (unpaired) electrons. The van der Waals surface area contributed by atoms with Crippen LogP contribution in [0, 0.1) is 11.6 Å². The Morgan fingerprint density at radius 2 is 2.07 bits per heavy atom. The molecule has 152 valence electrons. The molecule has 1 unspecified atom stereocenters. The van der Waals surface area contributed by atoms with Crippen LogP contribution in [0.25, 0.3) is 0 Å². The highest BCUT2D eigenvalue weighted by molar-refractivity contribution is 7.99. The second-order valence-corrected chi connectivity index (χ2v) is 7.46. The number of rotatable bonds is 7. The SMILES string of the molecule is CC(Oc1ccc(F)cc1F)c1nnc(SCC(=O)Nc2cccc(Cl)c2)n1C. The fourth-order valence-electron chi connectivity index (χ4n) is 2.51. The number of nitrogens with zero attached hydrogens (tertiary/aromatic N) is 3. The van der Waals surface area contributed by atoms with Gasteiger partial charge in [0, 0.05) is 23.8 Å². The fraction of sp³-hybridized carbons (Fsp3) is 0.211. The van der Waals surface area contributed by atoms with Crippen LogP contribution in [0.5, 0.6) is 5.75 Å². The highest BCUT2D eigenvalue weighted by Gasteiger charge is 2.19. The van der Waals surface area contributed by atoms with Gasteiger partial charge in [-0.2, -0.15) is 0 Å². The van der Waals surface area contributed by atoms with E-state index in [-0.39, 0.29) is 17.4 Å². The van der Waals surface area contributed by atoms with E-state index < -0.39 is 17.7 Å². The minimum Gasteiger partial charge on any atom is -0.480 e. The zero-order chi connectivity index (χ0) is 21.0. The van der Waals surface area contributed by atoms with E-state index in [1.807, 2.05) is 0 Å². The summed E-state index contributed by atoms with van der Waals surface area (Å²) in [6, 6.07) is 9.92. The number of carbonyl (C=O) groups excluding carboxylic acids is 1. The van der Waals surface area contributed by atoms with Crippen molar-refractivity contribution in [1.29, 1.82) is 0 Å². The largest absolute Gasteiger partial charge is 0.480 e. The number of anilines is 1. The lowest BCUT2D eigenvalue weighted by Crippen LogP contribution is -2.15. The summed E-state index contributed by atoms with van der Waals surface area (Å²) in [7, 11) is 1.72. The molecule has 1 N–H and O–H groups in total. The minimum atomic E-state index is -0.800. The summed E-state index contributed by atoms with van der Waals surface area (Å²) in [5, 5.41) is 11.9.